The molecule has 2 rings (SSSR count). The molecular weight excluding hydrogens is 202 g/mol. The number of aromatic hydroxyl groups is 1. The molecule has 0 spiro atoms. The monoisotopic (exact) mass is 215 g/mol. The van der Waals surface area contributed by atoms with Gasteiger partial charge in [0.2, 0.25) is 0 Å². The maximum absolute atomic E-state index is 9.68. The van der Waals surface area contributed by atoms with E-state index in [1.54, 1.807) is 12.3 Å². The van der Waals surface area contributed by atoms with Crippen LogP contribution in [0.2, 0.25) is 0 Å². The molecule has 3 heteroatoms. The highest BCUT2D eigenvalue weighted by Gasteiger charge is 2.02. The lowest BCUT2D eigenvalue weighted by atomic mass is 10.0. The van der Waals surface area contributed by atoms with E-state index in [0.717, 1.165) is 16.3 Å². The van der Waals surface area contributed by atoms with Crippen molar-refractivity contribution in [2.45, 2.75) is 0 Å². The van der Waals surface area contributed by atoms with E-state index in [9.17, 15) is 5.11 Å². The molecule has 16 heavy (non-hydrogen) atoms. The quantitative estimate of drug-likeness (QED) is 0.769. The maximum atomic E-state index is 9.68. The molecule has 0 fully saturated rings. The molecule has 0 amide bonds. The fourth-order valence-corrected chi connectivity index (χ4v) is 1.64. The molecule has 82 valence electrons. The first-order chi connectivity index (χ1) is 7.83. The molecule has 2 aromatic carbocycles. The van der Waals surface area contributed by atoms with Crippen molar-refractivity contribution in [3.63, 3.8) is 0 Å². The number of phenols is 1. The number of rotatable bonds is 3. The van der Waals surface area contributed by atoms with Gasteiger partial charge in [-0.25, -0.2) is 0 Å². The maximum Gasteiger partial charge on any atom is 0.123 e. The number of hydrogen-bond acceptors (Lipinski definition) is 3. The molecule has 0 saturated heterocycles. The van der Waals surface area contributed by atoms with Crippen LogP contribution in [0.1, 0.15) is 5.56 Å². The highest BCUT2D eigenvalue weighted by Crippen LogP contribution is 2.26. The molecule has 2 N–H and O–H groups in total. The van der Waals surface area contributed by atoms with E-state index in [4.69, 9.17) is 5.11 Å². The number of phenolic OH excluding ortho intramolecular Hbond substituents is 1. The molecule has 2 aromatic rings. The molecule has 0 bridgehead atoms. The van der Waals surface area contributed by atoms with Gasteiger partial charge in [0.25, 0.3) is 0 Å². The molecule has 3 nitrogen and oxygen atoms in total. The Hall–Kier alpha value is -1.87. The summed E-state index contributed by atoms with van der Waals surface area (Å²) < 4.78 is 0. The molecule has 0 saturated carbocycles. The van der Waals surface area contributed by atoms with Crippen molar-refractivity contribution in [3.05, 3.63) is 42.0 Å². The van der Waals surface area contributed by atoms with Crippen LogP contribution in [-0.2, 0) is 0 Å². The summed E-state index contributed by atoms with van der Waals surface area (Å²) in [5.74, 6) is 0.273. The summed E-state index contributed by atoms with van der Waals surface area (Å²) in [7, 11) is 0. The van der Waals surface area contributed by atoms with Gasteiger partial charge in [-0.2, -0.15) is 0 Å². The fourth-order valence-electron chi connectivity index (χ4n) is 1.64. The third kappa shape index (κ3) is 2.04. The fraction of sp³-hybridized carbons (Fsp3) is 0.154. The Kier molecular flexibility index (Phi) is 3.17. The SMILES string of the molecule is OCC/N=C/c1ccc(O)c2ccccc12. The van der Waals surface area contributed by atoms with Crippen molar-refractivity contribution in [1.29, 1.82) is 0 Å². The third-order valence-electron chi connectivity index (χ3n) is 2.39. The minimum atomic E-state index is 0.0481. The lowest BCUT2D eigenvalue weighted by molar-refractivity contribution is 0.307. The van der Waals surface area contributed by atoms with E-state index in [1.807, 2.05) is 30.3 Å². The number of nitrogens with zero attached hydrogens (tertiary/aromatic N) is 1. The minimum Gasteiger partial charge on any atom is -0.507 e. The topological polar surface area (TPSA) is 52.8 Å². The van der Waals surface area contributed by atoms with Crippen LogP contribution in [0.25, 0.3) is 10.8 Å². The lowest BCUT2D eigenvalue weighted by Gasteiger charge is -2.03. The summed E-state index contributed by atoms with van der Waals surface area (Å²) in [6.07, 6.45) is 1.72. The molecule has 0 aliphatic rings. The summed E-state index contributed by atoms with van der Waals surface area (Å²) in [5, 5.41) is 20.1. The summed E-state index contributed by atoms with van der Waals surface area (Å²) in [4.78, 5) is 4.08. The Bertz CT molecular complexity index is 520. The average molecular weight is 215 g/mol. The average Bonchev–Trinajstić information content (AvgIpc) is 2.33. The highest BCUT2D eigenvalue weighted by atomic mass is 16.3. The smallest absolute Gasteiger partial charge is 0.123 e. The van der Waals surface area contributed by atoms with Gasteiger partial charge in [-0.05, 0) is 17.5 Å². The van der Waals surface area contributed by atoms with Crippen LogP contribution < -0.4 is 0 Å². The molecule has 0 radical (unpaired) electrons. The Balaban J connectivity index is 2.50. The molecule has 0 aliphatic carbocycles. The van der Waals surface area contributed by atoms with E-state index in [1.165, 1.54) is 0 Å². The third-order valence-corrected chi connectivity index (χ3v) is 2.39. The van der Waals surface area contributed by atoms with Crippen molar-refractivity contribution in [2.24, 2.45) is 4.99 Å². The highest BCUT2D eigenvalue weighted by molar-refractivity contribution is 6.02. The van der Waals surface area contributed by atoms with Crippen LogP contribution in [-0.4, -0.2) is 29.6 Å². The van der Waals surface area contributed by atoms with Crippen LogP contribution in [0.3, 0.4) is 0 Å². The predicted octanol–water partition coefficient (Wildman–Crippen LogP) is 1.96. The number of fused-ring (bicyclic) bond motifs is 1. The largest absolute Gasteiger partial charge is 0.507 e. The lowest BCUT2D eigenvalue weighted by Crippen LogP contribution is -1.90. The van der Waals surface area contributed by atoms with Gasteiger partial charge in [0.05, 0.1) is 13.2 Å². The Morgan fingerprint density at radius 2 is 1.81 bits per heavy atom. The van der Waals surface area contributed by atoms with E-state index < -0.39 is 0 Å². The van der Waals surface area contributed by atoms with Crippen LogP contribution in [0.4, 0.5) is 0 Å². The second-order valence-corrected chi connectivity index (χ2v) is 3.48. The first-order valence-electron chi connectivity index (χ1n) is 5.14. The summed E-state index contributed by atoms with van der Waals surface area (Å²) in [5.41, 5.74) is 0.946. The van der Waals surface area contributed by atoms with Gasteiger partial charge in [-0.15, -0.1) is 0 Å². The minimum absolute atomic E-state index is 0.0481. The normalized spacial score (nSPS) is 11.3. The van der Waals surface area contributed by atoms with Crippen molar-refractivity contribution >= 4 is 17.0 Å². The number of aliphatic imine (C=N–C) groups is 1. The van der Waals surface area contributed by atoms with Crippen molar-refractivity contribution < 1.29 is 10.2 Å². The van der Waals surface area contributed by atoms with E-state index in [2.05, 4.69) is 4.99 Å². The first kappa shape index (κ1) is 10.6. The molecule has 0 aliphatic heterocycles. The Morgan fingerprint density at radius 3 is 2.56 bits per heavy atom. The number of aliphatic hydroxyl groups is 1. The van der Waals surface area contributed by atoms with Gasteiger partial charge in [0, 0.05) is 17.2 Å². The zero-order chi connectivity index (χ0) is 11.4. The van der Waals surface area contributed by atoms with E-state index in [-0.39, 0.29) is 12.4 Å². The summed E-state index contributed by atoms with van der Waals surface area (Å²) in [6, 6.07) is 11.1. The number of benzene rings is 2. The second-order valence-electron chi connectivity index (χ2n) is 3.48. The summed E-state index contributed by atoms with van der Waals surface area (Å²) >= 11 is 0. The van der Waals surface area contributed by atoms with Crippen molar-refractivity contribution in [2.75, 3.05) is 13.2 Å². The molecule has 0 aromatic heterocycles. The Labute approximate surface area is 93.7 Å². The molecule has 0 heterocycles. The number of hydrogen-bond donors (Lipinski definition) is 2. The first-order valence-corrected chi connectivity index (χ1v) is 5.14. The van der Waals surface area contributed by atoms with Crippen LogP contribution in [0.15, 0.2) is 41.4 Å². The molecular formula is C13H13NO2. The van der Waals surface area contributed by atoms with Gasteiger partial charge in [-0.3, -0.25) is 4.99 Å². The zero-order valence-corrected chi connectivity index (χ0v) is 8.80. The number of aliphatic hydroxyl groups excluding tert-OH is 1. The van der Waals surface area contributed by atoms with Gasteiger partial charge in [0.1, 0.15) is 5.75 Å². The van der Waals surface area contributed by atoms with Gasteiger partial charge in [0.15, 0.2) is 0 Å². The second kappa shape index (κ2) is 4.77. The molecule has 0 atom stereocenters. The zero-order valence-electron chi connectivity index (χ0n) is 8.80. The summed E-state index contributed by atoms with van der Waals surface area (Å²) in [6.45, 7) is 0.446. The van der Waals surface area contributed by atoms with E-state index in [0.29, 0.717) is 6.54 Å². The van der Waals surface area contributed by atoms with Crippen LogP contribution >= 0.6 is 0 Å². The van der Waals surface area contributed by atoms with Crippen LogP contribution in [0, 0.1) is 0 Å². The van der Waals surface area contributed by atoms with Gasteiger partial charge < -0.3 is 10.2 Å². The van der Waals surface area contributed by atoms with E-state index >= 15 is 0 Å². The van der Waals surface area contributed by atoms with Crippen LogP contribution in [0.5, 0.6) is 5.75 Å². The van der Waals surface area contributed by atoms with Crippen molar-refractivity contribution in [1.82, 2.24) is 0 Å². The van der Waals surface area contributed by atoms with Crippen molar-refractivity contribution in [3.8, 4) is 5.75 Å². The van der Waals surface area contributed by atoms with Gasteiger partial charge in [-0.1, -0.05) is 24.3 Å². The predicted molar refractivity (Wildman–Crippen MR) is 65.2 cm³/mol. The Morgan fingerprint density at radius 1 is 1.06 bits per heavy atom. The molecule has 0 unspecified atom stereocenters. The van der Waals surface area contributed by atoms with Gasteiger partial charge >= 0.3 is 0 Å². The standard InChI is InChI=1S/C13H13NO2/c15-8-7-14-9-10-5-6-13(16)12-4-2-1-3-11(10)12/h1-6,9,15-16H,7-8H2/b14-9+.